The standard InChI is InChI=1S/C27H27ClN2O4/c1-17-7-9-18(10-8-17)16-34-26-22(28)11-19(12-25(26)33-2)14-29-24(27(31)32)13-20-15-30-23-6-4-3-5-21(20)23/h3-12,15,24,29-30H,13-14,16H2,1-2H3,(H,31,32). The Morgan fingerprint density at radius 3 is 2.62 bits per heavy atom. The molecule has 34 heavy (non-hydrogen) atoms. The van der Waals surface area contributed by atoms with E-state index in [1.807, 2.05) is 67.7 Å². The molecule has 176 valence electrons. The summed E-state index contributed by atoms with van der Waals surface area (Å²) in [4.78, 5) is 15.1. The predicted octanol–water partition coefficient (Wildman–Crippen LogP) is 5.50. The number of fused-ring (bicyclic) bond motifs is 1. The third-order valence-electron chi connectivity index (χ3n) is 5.74. The Morgan fingerprint density at radius 2 is 1.88 bits per heavy atom. The van der Waals surface area contributed by atoms with Crippen molar-refractivity contribution in [1.82, 2.24) is 10.3 Å². The van der Waals surface area contributed by atoms with Gasteiger partial charge in [0.05, 0.1) is 12.1 Å². The molecule has 4 aromatic rings. The average molecular weight is 479 g/mol. The van der Waals surface area contributed by atoms with Crippen molar-refractivity contribution in [2.75, 3.05) is 7.11 Å². The number of halogens is 1. The number of aryl methyl sites for hydroxylation is 1. The van der Waals surface area contributed by atoms with Gasteiger partial charge in [-0.2, -0.15) is 0 Å². The Morgan fingerprint density at radius 1 is 1.12 bits per heavy atom. The van der Waals surface area contributed by atoms with Gasteiger partial charge in [0.1, 0.15) is 12.6 Å². The van der Waals surface area contributed by atoms with Crippen LogP contribution in [0.4, 0.5) is 0 Å². The molecule has 4 rings (SSSR count). The number of para-hydroxylation sites is 1. The fourth-order valence-corrected chi connectivity index (χ4v) is 4.15. The average Bonchev–Trinajstić information content (AvgIpc) is 3.24. The minimum absolute atomic E-state index is 0.313. The van der Waals surface area contributed by atoms with Gasteiger partial charge in [-0.25, -0.2) is 0 Å². The second kappa shape index (κ2) is 10.6. The summed E-state index contributed by atoms with van der Waals surface area (Å²) >= 11 is 6.51. The Bertz CT molecular complexity index is 1280. The minimum Gasteiger partial charge on any atom is -0.493 e. The van der Waals surface area contributed by atoms with Gasteiger partial charge >= 0.3 is 5.97 Å². The van der Waals surface area contributed by atoms with Crippen LogP contribution >= 0.6 is 11.6 Å². The fraction of sp³-hybridized carbons (Fsp3) is 0.222. The summed E-state index contributed by atoms with van der Waals surface area (Å²) in [6.45, 7) is 2.71. The van der Waals surface area contributed by atoms with Crippen LogP contribution in [0, 0.1) is 6.92 Å². The Labute approximate surface area is 203 Å². The summed E-state index contributed by atoms with van der Waals surface area (Å²) < 4.78 is 11.4. The van der Waals surface area contributed by atoms with Crippen LogP contribution in [0.25, 0.3) is 10.9 Å². The number of hydrogen-bond donors (Lipinski definition) is 3. The van der Waals surface area contributed by atoms with Gasteiger partial charge in [0, 0.05) is 30.1 Å². The Hall–Kier alpha value is -3.48. The second-order valence-corrected chi connectivity index (χ2v) is 8.63. The molecular formula is C27H27ClN2O4. The maximum Gasteiger partial charge on any atom is 0.321 e. The number of benzene rings is 3. The summed E-state index contributed by atoms with van der Waals surface area (Å²) in [5, 5.41) is 14.3. The molecule has 1 aromatic heterocycles. The van der Waals surface area contributed by atoms with Crippen molar-refractivity contribution in [3.05, 3.63) is 94.1 Å². The van der Waals surface area contributed by atoms with Gasteiger partial charge < -0.3 is 24.9 Å². The van der Waals surface area contributed by atoms with E-state index in [9.17, 15) is 9.90 Å². The van der Waals surface area contributed by atoms with Crippen molar-refractivity contribution in [2.24, 2.45) is 0 Å². The van der Waals surface area contributed by atoms with Crippen LogP contribution < -0.4 is 14.8 Å². The number of aromatic amines is 1. The summed E-state index contributed by atoms with van der Waals surface area (Å²) in [7, 11) is 1.55. The largest absolute Gasteiger partial charge is 0.493 e. The van der Waals surface area contributed by atoms with Gasteiger partial charge in [0.2, 0.25) is 0 Å². The van der Waals surface area contributed by atoms with Crippen LogP contribution in [0.3, 0.4) is 0 Å². The van der Waals surface area contributed by atoms with E-state index >= 15 is 0 Å². The monoisotopic (exact) mass is 478 g/mol. The third-order valence-corrected chi connectivity index (χ3v) is 6.02. The summed E-state index contributed by atoms with van der Waals surface area (Å²) in [6.07, 6.45) is 2.21. The lowest BCUT2D eigenvalue weighted by atomic mass is 10.0. The number of H-pyrrole nitrogens is 1. The summed E-state index contributed by atoms with van der Waals surface area (Å²) in [6, 6.07) is 18.7. The van der Waals surface area contributed by atoms with Gasteiger partial charge in [-0.1, -0.05) is 59.6 Å². The van der Waals surface area contributed by atoms with Crippen LogP contribution in [0.15, 0.2) is 66.9 Å². The highest BCUT2D eigenvalue weighted by Gasteiger charge is 2.20. The highest BCUT2D eigenvalue weighted by Crippen LogP contribution is 2.37. The number of nitrogens with one attached hydrogen (secondary N) is 2. The highest BCUT2D eigenvalue weighted by atomic mass is 35.5. The van der Waals surface area contributed by atoms with Gasteiger partial charge in [0.15, 0.2) is 11.5 Å². The zero-order chi connectivity index (χ0) is 24.1. The number of ether oxygens (including phenoxy) is 2. The lowest BCUT2D eigenvalue weighted by molar-refractivity contribution is -0.139. The van der Waals surface area contributed by atoms with E-state index in [1.54, 1.807) is 13.2 Å². The topological polar surface area (TPSA) is 83.6 Å². The van der Waals surface area contributed by atoms with Crippen LogP contribution in [0.5, 0.6) is 11.5 Å². The number of carboxylic acids is 1. The molecule has 1 unspecified atom stereocenters. The number of carbonyl (C=O) groups is 1. The number of aromatic nitrogens is 1. The third kappa shape index (κ3) is 5.53. The van der Waals surface area contributed by atoms with Gasteiger partial charge in [-0.15, -0.1) is 0 Å². The molecular weight excluding hydrogens is 452 g/mol. The number of carboxylic acid groups (broad SMARTS) is 1. The van der Waals surface area contributed by atoms with Crippen molar-refractivity contribution in [2.45, 2.75) is 32.5 Å². The lowest BCUT2D eigenvalue weighted by Gasteiger charge is -2.17. The first-order chi connectivity index (χ1) is 16.4. The van der Waals surface area contributed by atoms with Crippen LogP contribution in [0.1, 0.15) is 22.3 Å². The van der Waals surface area contributed by atoms with E-state index < -0.39 is 12.0 Å². The van der Waals surface area contributed by atoms with Crippen molar-refractivity contribution < 1.29 is 19.4 Å². The van der Waals surface area contributed by atoms with Crippen molar-refractivity contribution in [1.29, 1.82) is 0 Å². The molecule has 0 spiro atoms. The Kier molecular flexibility index (Phi) is 7.40. The smallest absolute Gasteiger partial charge is 0.321 e. The van der Waals surface area contributed by atoms with E-state index in [0.717, 1.165) is 27.6 Å². The van der Waals surface area contributed by atoms with Gasteiger partial charge in [0.25, 0.3) is 0 Å². The first kappa shape index (κ1) is 23.7. The van der Waals surface area contributed by atoms with Crippen molar-refractivity contribution >= 4 is 28.5 Å². The lowest BCUT2D eigenvalue weighted by Crippen LogP contribution is -2.38. The van der Waals surface area contributed by atoms with Gasteiger partial charge in [-0.05, 0) is 41.8 Å². The molecule has 1 heterocycles. The maximum atomic E-state index is 11.9. The summed E-state index contributed by atoms with van der Waals surface area (Å²) in [5.41, 5.74) is 4.94. The van der Waals surface area contributed by atoms with Gasteiger partial charge in [-0.3, -0.25) is 4.79 Å². The fourth-order valence-electron chi connectivity index (χ4n) is 3.86. The molecule has 0 aliphatic rings. The summed E-state index contributed by atoms with van der Waals surface area (Å²) in [5.74, 6) is 0.0448. The number of methoxy groups -OCH3 is 1. The number of hydrogen-bond acceptors (Lipinski definition) is 4. The molecule has 3 N–H and O–H groups in total. The quantitative estimate of drug-likeness (QED) is 0.280. The van der Waals surface area contributed by atoms with Crippen molar-refractivity contribution in [3.63, 3.8) is 0 Å². The zero-order valence-electron chi connectivity index (χ0n) is 19.1. The van der Waals surface area contributed by atoms with E-state index in [2.05, 4.69) is 10.3 Å². The van der Waals surface area contributed by atoms with E-state index in [-0.39, 0.29) is 0 Å². The SMILES string of the molecule is COc1cc(CNC(Cc2c[nH]c3ccccc23)C(=O)O)cc(Cl)c1OCc1ccc(C)cc1. The highest BCUT2D eigenvalue weighted by molar-refractivity contribution is 6.32. The second-order valence-electron chi connectivity index (χ2n) is 8.22. The van der Waals surface area contributed by atoms with E-state index in [0.29, 0.717) is 36.1 Å². The van der Waals surface area contributed by atoms with Crippen LogP contribution in [-0.4, -0.2) is 29.2 Å². The molecule has 0 aliphatic heterocycles. The van der Waals surface area contributed by atoms with E-state index in [4.69, 9.17) is 21.1 Å². The Balaban J connectivity index is 1.45. The molecule has 0 saturated carbocycles. The molecule has 1 atom stereocenters. The maximum absolute atomic E-state index is 11.9. The number of aliphatic carboxylic acids is 1. The molecule has 7 heteroatoms. The zero-order valence-corrected chi connectivity index (χ0v) is 19.9. The first-order valence-corrected chi connectivity index (χ1v) is 11.4. The van der Waals surface area contributed by atoms with E-state index in [1.165, 1.54) is 5.56 Å². The molecule has 0 saturated heterocycles. The van der Waals surface area contributed by atoms with Crippen molar-refractivity contribution in [3.8, 4) is 11.5 Å². The minimum atomic E-state index is -0.915. The first-order valence-electron chi connectivity index (χ1n) is 11.0. The molecule has 0 aliphatic carbocycles. The number of rotatable bonds is 10. The molecule has 0 amide bonds. The van der Waals surface area contributed by atoms with Crippen LogP contribution in [0.2, 0.25) is 5.02 Å². The molecule has 3 aromatic carbocycles. The molecule has 0 radical (unpaired) electrons. The predicted molar refractivity (Wildman–Crippen MR) is 134 cm³/mol. The molecule has 0 fully saturated rings. The molecule has 6 nitrogen and oxygen atoms in total. The normalized spacial score (nSPS) is 12.0. The molecule has 0 bridgehead atoms. The van der Waals surface area contributed by atoms with Crippen LogP contribution in [-0.2, 0) is 24.4 Å².